The van der Waals surface area contributed by atoms with Gasteiger partial charge >= 0.3 is 5.97 Å². The Hall–Kier alpha value is -0.830. The third-order valence-corrected chi connectivity index (χ3v) is 2.19. The topological polar surface area (TPSA) is 40.5 Å². The molecule has 0 amide bonds. The van der Waals surface area contributed by atoms with Crippen LogP contribution in [-0.4, -0.2) is 36.1 Å². The zero-order chi connectivity index (χ0) is 11.5. The highest BCUT2D eigenvalue weighted by Crippen LogP contribution is 2.24. The second-order valence-electron chi connectivity index (χ2n) is 4.93. The van der Waals surface area contributed by atoms with Crippen molar-refractivity contribution in [2.24, 2.45) is 5.41 Å². The number of likely N-dealkylation sites (N-methyl/N-ethyl adjacent to an activating group) is 1. The standard InChI is InChI=1S/C11H21NO2/c1-8(10(13)14)7-9(12(5)6)11(2,3)4/h7,9H,1-6H3,(H,13,14). The molecule has 0 aromatic rings. The lowest BCUT2D eigenvalue weighted by Gasteiger charge is -2.34. The molecule has 1 unspecified atom stereocenters. The molecule has 0 radical (unpaired) electrons. The van der Waals surface area contributed by atoms with E-state index in [0.29, 0.717) is 5.57 Å². The number of carboxylic acids is 1. The maximum Gasteiger partial charge on any atom is 0.331 e. The zero-order valence-corrected chi connectivity index (χ0v) is 9.96. The van der Waals surface area contributed by atoms with Crippen molar-refractivity contribution < 1.29 is 9.90 Å². The molecule has 0 aliphatic rings. The molecule has 0 aromatic heterocycles. The summed E-state index contributed by atoms with van der Waals surface area (Å²) in [6, 6.07) is 0.138. The molecule has 0 saturated heterocycles. The van der Waals surface area contributed by atoms with Crippen LogP contribution >= 0.6 is 0 Å². The molecular weight excluding hydrogens is 178 g/mol. The van der Waals surface area contributed by atoms with Crippen molar-refractivity contribution in [1.82, 2.24) is 4.90 Å². The van der Waals surface area contributed by atoms with Gasteiger partial charge in [0.1, 0.15) is 0 Å². The van der Waals surface area contributed by atoms with E-state index in [1.807, 2.05) is 25.1 Å². The van der Waals surface area contributed by atoms with Gasteiger partial charge in [-0.25, -0.2) is 4.79 Å². The molecule has 0 fully saturated rings. The number of rotatable bonds is 3. The smallest absolute Gasteiger partial charge is 0.331 e. The molecule has 1 N–H and O–H groups in total. The van der Waals surface area contributed by atoms with Crippen molar-refractivity contribution in [3.05, 3.63) is 11.6 Å². The minimum Gasteiger partial charge on any atom is -0.478 e. The molecule has 0 aliphatic heterocycles. The van der Waals surface area contributed by atoms with E-state index in [0.717, 1.165) is 0 Å². The van der Waals surface area contributed by atoms with Gasteiger partial charge in [0, 0.05) is 11.6 Å². The van der Waals surface area contributed by atoms with E-state index in [2.05, 4.69) is 20.8 Å². The maximum absolute atomic E-state index is 10.7. The first-order chi connectivity index (χ1) is 6.16. The Balaban J connectivity index is 4.88. The molecule has 0 saturated carbocycles. The fourth-order valence-electron chi connectivity index (χ4n) is 1.48. The van der Waals surface area contributed by atoms with Crippen molar-refractivity contribution in [2.75, 3.05) is 14.1 Å². The summed E-state index contributed by atoms with van der Waals surface area (Å²) in [7, 11) is 3.92. The summed E-state index contributed by atoms with van der Waals surface area (Å²) in [5, 5.41) is 8.79. The number of hydrogen-bond donors (Lipinski definition) is 1. The van der Waals surface area contributed by atoms with Crippen molar-refractivity contribution in [1.29, 1.82) is 0 Å². The van der Waals surface area contributed by atoms with E-state index >= 15 is 0 Å². The first-order valence-corrected chi connectivity index (χ1v) is 4.74. The normalized spacial score (nSPS) is 15.8. The fraction of sp³-hybridized carbons (Fsp3) is 0.727. The Morgan fingerprint density at radius 3 is 2.00 bits per heavy atom. The number of hydrogen-bond acceptors (Lipinski definition) is 2. The van der Waals surface area contributed by atoms with E-state index in [1.165, 1.54) is 0 Å². The van der Waals surface area contributed by atoms with Crippen LogP contribution in [0.1, 0.15) is 27.7 Å². The van der Waals surface area contributed by atoms with E-state index in [1.54, 1.807) is 6.92 Å². The molecule has 0 rings (SSSR count). The number of aliphatic carboxylic acids is 1. The molecule has 0 bridgehead atoms. The summed E-state index contributed by atoms with van der Waals surface area (Å²) >= 11 is 0. The lowest BCUT2D eigenvalue weighted by molar-refractivity contribution is -0.132. The Morgan fingerprint density at radius 1 is 1.36 bits per heavy atom. The quantitative estimate of drug-likeness (QED) is 0.707. The summed E-state index contributed by atoms with van der Waals surface area (Å²) in [6.45, 7) is 7.93. The van der Waals surface area contributed by atoms with Gasteiger partial charge < -0.3 is 10.0 Å². The average Bonchev–Trinajstić information content (AvgIpc) is 1.96. The summed E-state index contributed by atoms with van der Waals surface area (Å²) in [4.78, 5) is 12.7. The lowest BCUT2D eigenvalue weighted by Crippen LogP contribution is -2.38. The van der Waals surface area contributed by atoms with Gasteiger partial charge in [-0.05, 0) is 26.4 Å². The van der Waals surface area contributed by atoms with E-state index in [9.17, 15) is 4.79 Å². The molecule has 0 heterocycles. The predicted molar refractivity (Wildman–Crippen MR) is 58.3 cm³/mol. The van der Waals surface area contributed by atoms with Crippen LogP contribution < -0.4 is 0 Å². The van der Waals surface area contributed by atoms with Gasteiger partial charge in [-0.2, -0.15) is 0 Å². The molecular formula is C11H21NO2. The first-order valence-electron chi connectivity index (χ1n) is 4.74. The third-order valence-electron chi connectivity index (χ3n) is 2.19. The largest absolute Gasteiger partial charge is 0.478 e. The van der Waals surface area contributed by atoms with Gasteiger partial charge in [-0.1, -0.05) is 26.8 Å². The molecule has 3 heteroatoms. The highest BCUT2D eigenvalue weighted by atomic mass is 16.4. The molecule has 3 nitrogen and oxygen atoms in total. The number of nitrogens with zero attached hydrogens (tertiary/aromatic N) is 1. The van der Waals surface area contributed by atoms with Crippen LogP contribution in [0.15, 0.2) is 11.6 Å². The Bertz CT molecular complexity index is 236. The predicted octanol–water partition coefficient (Wildman–Crippen LogP) is 1.99. The van der Waals surface area contributed by atoms with Crippen LogP contribution in [0.4, 0.5) is 0 Å². The average molecular weight is 199 g/mol. The van der Waals surface area contributed by atoms with Crippen LogP contribution in [0, 0.1) is 5.41 Å². The van der Waals surface area contributed by atoms with Gasteiger partial charge in [-0.3, -0.25) is 0 Å². The Morgan fingerprint density at radius 2 is 1.79 bits per heavy atom. The van der Waals surface area contributed by atoms with Crippen LogP contribution in [0.3, 0.4) is 0 Å². The van der Waals surface area contributed by atoms with Crippen molar-refractivity contribution >= 4 is 5.97 Å². The number of carbonyl (C=O) groups is 1. The first kappa shape index (κ1) is 13.2. The molecule has 0 spiro atoms. The van der Waals surface area contributed by atoms with Gasteiger partial charge in [-0.15, -0.1) is 0 Å². The Labute approximate surface area is 86.4 Å². The van der Waals surface area contributed by atoms with Crippen LogP contribution in [-0.2, 0) is 4.79 Å². The number of carboxylic acid groups (broad SMARTS) is 1. The lowest BCUT2D eigenvalue weighted by atomic mass is 9.85. The van der Waals surface area contributed by atoms with Gasteiger partial charge in [0.05, 0.1) is 0 Å². The minimum absolute atomic E-state index is 0.0419. The second kappa shape index (κ2) is 4.60. The molecule has 14 heavy (non-hydrogen) atoms. The fourth-order valence-corrected chi connectivity index (χ4v) is 1.48. The minimum atomic E-state index is -0.846. The van der Waals surface area contributed by atoms with E-state index in [4.69, 9.17) is 5.11 Å². The van der Waals surface area contributed by atoms with Gasteiger partial charge in [0.15, 0.2) is 0 Å². The highest BCUT2D eigenvalue weighted by Gasteiger charge is 2.25. The Kier molecular flexibility index (Phi) is 4.33. The molecule has 1 atom stereocenters. The summed E-state index contributed by atoms with van der Waals surface area (Å²) < 4.78 is 0. The van der Waals surface area contributed by atoms with Crippen LogP contribution in [0.5, 0.6) is 0 Å². The monoisotopic (exact) mass is 199 g/mol. The van der Waals surface area contributed by atoms with Crippen LogP contribution in [0.2, 0.25) is 0 Å². The summed E-state index contributed by atoms with van der Waals surface area (Å²) in [5.74, 6) is -0.846. The second-order valence-corrected chi connectivity index (χ2v) is 4.93. The van der Waals surface area contributed by atoms with Crippen molar-refractivity contribution in [3.63, 3.8) is 0 Å². The summed E-state index contributed by atoms with van der Waals surface area (Å²) in [6.07, 6.45) is 1.81. The van der Waals surface area contributed by atoms with Crippen LogP contribution in [0.25, 0.3) is 0 Å². The summed E-state index contributed by atoms with van der Waals surface area (Å²) in [5.41, 5.74) is 0.443. The third kappa shape index (κ3) is 3.92. The molecule has 82 valence electrons. The van der Waals surface area contributed by atoms with E-state index < -0.39 is 5.97 Å². The van der Waals surface area contributed by atoms with E-state index in [-0.39, 0.29) is 11.5 Å². The highest BCUT2D eigenvalue weighted by molar-refractivity contribution is 5.85. The van der Waals surface area contributed by atoms with Gasteiger partial charge in [0.25, 0.3) is 0 Å². The van der Waals surface area contributed by atoms with Crippen molar-refractivity contribution in [2.45, 2.75) is 33.7 Å². The van der Waals surface area contributed by atoms with Crippen molar-refractivity contribution in [3.8, 4) is 0 Å². The SMILES string of the molecule is CC(=CC(N(C)C)C(C)(C)C)C(=O)O. The zero-order valence-electron chi connectivity index (χ0n) is 9.96. The maximum atomic E-state index is 10.7. The molecule has 0 aliphatic carbocycles. The molecule has 0 aromatic carbocycles. The van der Waals surface area contributed by atoms with Gasteiger partial charge in [0.2, 0.25) is 0 Å².